The summed E-state index contributed by atoms with van der Waals surface area (Å²) in [5, 5.41) is 6.36. The Morgan fingerprint density at radius 3 is 2.52 bits per heavy atom. The van der Waals surface area contributed by atoms with Gasteiger partial charge >= 0.3 is 0 Å². The van der Waals surface area contributed by atoms with Crippen LogP contribution in [0.2, 0.25) is 0 Å². The number of rotatable bonds is 4. The van der Waals surface area contributed by atoms with Gasteiger partial charge in [-0.15, -0.1) is 0 Å². The van der Waals surface area contributed by atoms with Crippen LogP contribution in [-0.4, -0.2) is 24.9 Å². The van der Waals surface area contributed by atoms with E-state index in [4.69, 9.17) is 0 Å². The smallest absolute Gasteiger partial charge is 0.240 e. The number of sulfonamides is 1. The molecule has 0 aliphatic carbocycles. The first-order valence-corrected chi connectivity index (χ1v) is 11.0. The van der Waals surface area contributed by atoms with Crippen LogP contribution in [-0.2, 0) is 16.4 Å². The molecule has 0 unspecified atom stereocenters. The van der Waals surface area contributed by atoms with Crippen molar-refractivity contribution >= 4 is 33.2 Å². The summed E-state index contributed by atoms with van der Waals surface area (Å²) in [7, 11) is -3.45. The van der Waals surface area contributed by atoms with Crippen molar-refractivity contribution < 1.29 is 8.42 Å². The Hall–Kier alpha value is -2.97. The van der Waals surface area contributed by atoms with Crippen LogP contribution in [0.3, 0.4) is 0 Å². The van der Waals surface area contributed by atoms with E-state index in [0.717, 1.165) is 16.8 Å². The molecule has 152 valence electrons. The average molecular weight is 412 g/mol. The van der Waals surface area contributed by atoms with Gasteiger partial charge in [0.1, 0.15) is 5.82 Å². The molecule has 7 nitrogen and oxygen atoms in total. The standard InChI is InChI=1S/C19H19N5O2S.C2H6/c1-13-12-20-19(23-15-5-3-2-4-6-15)24-18(13)22-16-8-7-14-9-10-21-27(25,26)17(14)11-16;1-2/h2-8,11-12,21H,9-10H2,1H3,(H2,20,22,23,24);1-2H3. The molecule has 3 N–H and O–H groups in total. The van der Waals surface area contributed by atoms with E-state index in [0.29, 0.717) is 35.3 Å². The average Bonchev–Trinajstić information content (AvgIpc) is 2.73. The molecular formula is C21H25N5O2S. The lowest BCUT2D eigenvalue weighted by molar-refractivity contribution is 0.573. The fraction of sp³-hybridized carbons (Fsp3) is 0.238. The van der Waals surface area contributed by atoms with E-state index in [-0.39, 0.29) is 0 Å². The van der Waals surface area contributed by atoms with Crippen molar-refractivity contribution in [3.8, 4) is 0 Å². The highest BCUT2D eigenvalue weighted by Crippen LogP contribution is 2.27. The van der Waals surface area contributed by atoms with E-state index in [1.54, 1.807) is 12.3 Å². The zero-order valence-electron chi connectivity index (χ0n) is 16.7. The largest absolute Gasteiger partial charge is 0.340 e. The van der Waals surface area contributed by atoms with Crippen LogP contribution in [0.5, 0.6) is 0 Å². The summed E-state index contributed by atoms with van der Waals surface area (Å²) < 4.78 is 27.0. The highest BCUT2D eigenvalue weighted by Gasteiger charge is 2.23. The lowest BCUT2D eigenvalue weighted by atomic mass is 10.1. The van der Waals surface area contributed by atoms with Crippen LogP contribution in [0.25, 0.3) is 0 Å². The van der Waals surface area contributed by atoms with Crippen molar-refractivity contribution in [3.63, 3.8) is 0 Å². The van der Waals surface area contributed by atoms with E-state index < -0.39 is 10.0 Å². The SMILES string of the molecule is CC.Cc1cnc(Nc2ccccc2)nc1Nc1ccc2c(c1)S(=O)(=O)NCC2. The number of benzene rings is 2. The fourth-order valence-corrected chi connectivity index (χ4v) is 4.23. The van der Waals surface area contributed by atoms with Crippen molar-refractivity contribution in [2.45, 2.75) is 32.1 Å². The number of anilines is 4. The van der Waals surface area contributed by atoms with Gasteiger partial charge in [0.15, 0.2) is 0 Å². The molecule has 2 aromatic carbocycles. The summed E-state index contributed by atoms with van der Waals surface area (Å²) in [5.41, 5.74) is 3.23. The molecule has 2 heterocycles. The Morgan fingerprint density at radius 2 is 1.76 bits per heavy atom. The predicted octanol–water partition coefficient (Wildman–Crippen LogP) is 4.13. The molecule has 1 aromatic heterocycles. The maximum Gasteiger partial charge on any atom is 0.240 e. The number of hydrogen-bond donors (Lipinski definition) is 3. The van der Waals surface area contributed by atoms with Gasteiger partial charge in [-0.3, -0.25) is 0 Å². The third-order valence-electron chi connectivity index (χ3n) is 4.31. The molecule has 0 spiro atoms. The van der Waals surface area contributed by atoms with Crippen molar-refractivity contribution in [2.75, 3.05) is 17.2 Å². The molecular weight excluding hydrogens is 386 g/mol. The monoisotopic (exact) mass is 411 g/mol. The maximum absolute atomic E-state index is 12.2. The third-order valence-corrected chi connectivity index (χ3v) is 5.85. The number of fused-ring (bicyclic) bond motifs is 1. The molecule has 0 saturated heterocycles. The van der Waals surface area contributed by atoms with Crippen LogP contribution >= 0.6 is 0 Å². The zero-order valence-corrected chi connectivity index (χ0v) is 17.5. The lowest BCUT2D eigenvalue weighted by Crippen LogP contribution is -2.31. The van der Waals surface area contributed by atoms with Gasteiger partial charge < -0.3 is 10.6 Å². The Labute approximate surface area is 171 Å². The normalized spacial score (nSPS) is 14.2. The molecule has 0 radical (unpaired) electrons. The number of hydrogen-bond acceptors (Lipinski definition) is 6. The lowest BCUT2D eigenvalue weighted by Gasteiger charge is -2.18. The number of nitrogens with one attached hydrogen (secondary N) is 3. The molecule has 0 fully saturated rings. The molecule has 4 rings (SSSR count). The quantitative estimate of drug-likeness (QED) is 0.597. The number of para-hydroxylation sites is 1. The molecule has 0 bridgehead atoms. The van der Waals surface area contributed by atoms with E-state index in [1.807, 2.05) is 63.2 Å². The minimum Gasteiger partial charge on any atom is -0.340 e. The third kappa shape index (κ3) is 4.90. The van der Waals surface area contributed by atoms with Crippen LogP contribution in [0.4, 0.5) is 23.1 Å². The fourth-order valence-electron chi connectivity index (χ4n) is 2.90. The molecule has 1 aliphatic heterocycles. The van der Waals surface area contributed by atoms with Crippen molar-refractivity contribution in [2.24, 2.45) is 0 Å². The van der Waals surface area contributed by atoms with Crippen molar-refractivity contribution in [1.29, 1.82) is 0 Å². The molecule has 8 heteroatoms. The summed E-state index contributed by atoms with van der Waals surface area (Å²) in [4.78, 5) is 9.13. The summed E-state index contributed by atoms with van der Waals surface area (Å²) in [6.45, 7) is 6.33. The van der Waals surface area contributed by atoms with Gasteiger partial charge in [0.25, 0.3) is 0 Å². The first-order valence-electron chi connectivity index (χ1n) is 9.57. The van der Waals surface area contributed by atoms with Gasteiger partial charge in [0.05, 0.1) is 4.90 Å². The predicted molar refractivity (Wildman–Crippen MR) is 116 cm³/mol. The van der Waals surface area contributed by atoms with Gasteiger partial charge in [-0.2, -0.15) is 4.98 Å². The second-order valence-corrected chi connectivity index (χ2v) is 8.05. The first kappa shape index (κ1) is 20.8. The Bertz CT molecular complexity index is 1090. The molecule has 0 atom stereocenters. The van der Waals surface area contributed by atoms with Crippen LogP contribution in [0.1, 0.15) is 25.0 Å². The van der Waals surface area contributed by atoms with Gasteiger partial charge in [0, 0.05) is 29.7 Å². The number of nitrogens with zero attached hydrogens (tertiary/aromatic N) is 2. The van der Waals surface area contributed by atoms with Crippen LogP contribution in [0, 0.1) is 6.92 Å². The first-order chi connectivity index (χ1) is 14.0. The van der Waals surface area contributed by atoms with Crippen molar-refractivity contribution in [1.82, 2.24) is 14.7 Å². The van der Waals surface area contributed by atoms with E-state index >= 15 is 0 Å². The second-order valence-electron chi connectivity index (χ2n) is 6.31. The van der Waals surface area contributed by atoms with Gasteiger partial charge in [-0.25, -0.2) is 18.1 Å². The Kier molecular flexibility index (Phi) is 6.46. The topological polar surface area (TPSA) is 96.0 Å². The number of aromatic nitrogens is 2. The maximum atomic E-state index is 12.2. The minimum atomic E-state index is -3.45. The highest BCUT2D eigenvalue weighted by molar-refractivity contribution is 7.89. The summed E-state index contributed by atoms with van der Waals surface area (Å²) >= 11 is 0. The minimum absolute atomic E-state index is 0.313. The number of aryl methyl sites for hydroxylation is 1. The van der Waals surface area contributed by atoms with E-state index in [1.165, 1.54) is 0 Å². The Balaban J connectivity index is 0.00000117. The van der Waals surface area contributed by atoms with Crippen molar-refractivity contribution in [3.05, 3.63) is 65.9 Å². The molecule has 3 aromatic rings. The van der Waals surface area contributed by atoms with Crippen LogP contribution < -0.4 is 15.4 Å². The molecule has 1 aliphatic rings. The highest BCUT2D eigenvalue weighted by atomic mass is 32.2. The van der Waals surface area contributed by atoms with Crippen LogP contribution in [0.15, 0.2) is 59.6 Å². The van der Waals surface area contributed by atoms with E-state index in [9.17, 15) is 8.42 Å². The summed E-state index contributed by atoms with van der Waals surface area (Å²) in [5.74, 6) is 1.08. The van der Waals surface area contributed by atoms with Gasteiger partial charge in [-0.05, 0) is 43.2 Å². The van der Waals surface area contributed by atoms with Gasteiger partial charge in [-0.1, -0.05) is 38.1 Å². The van der Waals surface area contributed by atoms with E-state index in [2.05, 4.69) is 25.3 Å². The zero-order chi connectivity index (χ0) is 20.9. The summed E-state index contributed by atoms with van der Waals surface area (Å²) in [6.07, 6.45) is 2.41. The molecule has 0 saturated carbocycles. The molecule has 29 heavy (non-hydrogen) atoms. The summed E-state index contributed by atoms with van der Waals surface area (Å²) in [6, 6.07) is 15.0. The van der Waals surface area contributed by atoms with Gasteiger partial charge in [0.2, 0.25) is 16.0 Å². The Morgan fingerprint density at radius 1 is 1.00 bits per heavy atom. The molecule has 0 amide bonds. The second kappa shape index (κ2) is 9.02.